The van der Waals surface area contributed by atoms with E-state index in [1.807, 2.05) is 0 Å². The van der Waals surface area contributed by atoms with Gasteiger partial charge in [-0.25, -0.2) is 27.2 Å². The van der Waals surface area contributed by atoms with Crippen molar-refractivity contribution in [1.29, 1.82) is 0 Å². The number of nitrogens with one attached hydrogen (secondary N) is 1. The van der Waals surface area contributed by atoms with Gasteiger partial charge in [0.05, 0.1) is 24.3 Å². The number of pyridine rings is 2. The Balaban J connectivity index is 1.75. The molecule has 0 bridgehead atoms. The van der Waals surface area contributed by atoms with E-state index in [1.165, 1.54) is 41.6 Å². The summed E-state index contributed by atoms with van der Waals surface area (Å²) in [5.74, 6) is -2.94. The van der Waals surface area contributed by atoms with Crippen molar-refractivity contribution in [3.05, 3.63) is 42.2 Å². The smallest absolute Gasteiger partial charge is 0.282 e. The van der Waals surface area contributed by atoms with Crippen LogP contribution in [0.4, 0.5) is 20.3 Å². The molecule has 1 N–H and O–H groups in total. The van der Waals surface area contributed by atoms with Gasteiger partial charge in [-0.15, -0.1) is 0 Å². The lowest BCUT2D eigenvalue weighted by Gasteiger charge is -2.39. The van der Waals surface area contributed by atoms with Crippen LogP contribution in [-0.4, -0.2) is 49.6 Å². The fourth-order valence-corrected chi connectivity index (χ4v) is 3.13. The maximum atomic E-state index is 12.9. The first-order chi connectivity index (χ1) is 11.7. The third-order valence-electron chi connectivity index (χ3n) is 3.55. The number of nitrogens with zero attached hydrogens (tertiary/aromatic N) is 3. The van der Waals surface area contributed by atoms with Gasteiger partial charge in [-0.3, -0.25) is 4.79 Å². The molecule has 0 spiro atoms. The molecule has 1 amide bonds. The molecule has 3 rings (SSSR count). The van der Waals surface area contributed by atoms with E-state index in [-0.39, 0.29) is 16.3 Å². The average molecular weight is 368 g/mol. The zero-order valence-electron chi connectivity index (χ0n) is 13.1. The minimum atomic E-state index is -3.61. The summed E-state index contributed by atoms with van der Waals surface area (Å²) in [6.45, 7) is -0.808. The van der Waals surface area contributed by atoms with E-state index in [0.29, 0.717) is 5.82 Å². The van der Waals surface area contributed by atoms with E-state index in [1.54, 1.807) is 0 Å². The van der Waals surface area contributed by atoms with Crippen molar-refractivity contribution < 1.29 is 22.0 Å². The molecule has 0 unspecified atom stereocenters. The number of hydrogen-bond acceptors (Lipinski definition) is 6. The van der Waals surface area contributed by atoms with E-state index in [2.05, 4.69) is 15.3 Å². The highest BCUT2D eigenvalue weighted by Crippen LogP contribution is 2.30. The number of alkyl halides is 2. The summed E-state index contributed by atoms with van der Waals surface area (Å²) in [7, 11) is -3.61. The Kier molecular flexibility index (Phi) is 4.15. The van der Waals surface area contributed by atoms with Crippen LogP contribution in [0.25, 0.3) is 0 Å². The third-order valence-corrected chi connectivity index (χ3v) is 4.58. The van der Waals surface area contributed by atoms with Gasteiger partial charge in [-0.05, 0) is 24.3 Å². The first-order valence-corrected chi connectivity index (χ1v) is 9.10. The Morgan fingerprint density at radius 2 is 1.96 bits per heavy atom. The van der Waals surface area contributed by atoms with Crippen molar-refractivity contribution in [2.45, 2.75) is 10.9 Å². The molecule has 2 aromatic rings. The summed E-state index contributed by atoms with van der Waals surface area (Å²) in [6, 6.07) is 5.82. The lowest BCUT2D eigenvalue weighted by atomic mass is 10.1. The van der Waals surface area contributed by atoms with Crippen LogP contribution in [-0.2, 0) is 9.84 Å². The van der Waals surface area contributed by atoms with Gasteiger partial charge in [0.15, 0.2) is 14.9 Å². The van der Waals surface area contributed by atoms with Crippen molar-refractivity contribution in [3.8, 4) is 0 Å². The summed E-state index contributed by atoms with van der Waals surface area (Å²) in [5.41, 5.74) is 0.223. The number of hydrogen-bond donors (Lipinski definition) is 1. The first-order valence-electron chi connectivity index (χ1n) is 7.21. The molecule has 0 saturated carbocycles. The molecule has 1 aliphatic heterocycles. The monoisotopic (exact) mass is 368 g/mol. The average Bonchev–Trinajstić information content (AvgIpc) is 2.52. The molecule has 0 aromatic carbocycles. The molecular weight excluding hydrogens is 354 g/mol. The number of carbonyl (C=O) groups excluding carboxylic acids is 1. The lowest BCUT2D eigenvalue weighted by molar-refractivity contribution is -0.0267. The van der Waals surface area contributed by atoms with E-state index in [0.717, 1.165) is 6.26 Å². The number of carbonyl (C=O) groups is 1. The van der Waals surface area contributed by atoms with Crippen molar-refractivity contribution >= 4 is 27.2 Å². The number of halogens is 2. The molecule has 0 aliphatic carbocycles. The number of rotatable bonds is 4. The Labute approximate surface area is 142 Å². The topological polar surface area (TPSA) is 92.3 Å². The first kappa shape index (κ1) is 17.2. The highest BCUT2D eigenvalue weighted by atomic mass is 32.2. The summed E-state index contributed by atoms with van der Waals surface area (Å²) in [5, 5.41) is 2.23. The summed E-state index contributed by atoms with van der Waals surface area (Å²) >= 11 is 0. The van der Waals surface area contributed by atoms with Crippen LogP contribution in [0.3, 0.4) is 0 Å². The van der Waals surface area contributed by atoms with Crippen molar-refractivity contribution in [2.24, 2.45) is 0 Å². The van der Waals surface area contributed by atoms with Crippen LogP contribution in [0.5, 0.6) is 0 Å². The molecule has 1 saturated heterocycles. The van der Waals surface area contributed by atoms with Crippen LogP contribution in [0.15, 0.2) is 41.7 Å². The van der Waals surface area contributed by atoms with Crippen LogP contribution in [0, 0.1) is 0 Å². The Hall–Kier alpha value is -2.62. The molecule has 1 fully saturated rings. The molecule has 25 heavy (non-hydrogen) atoms. The van der Waals surface area contributed by atoms with Gasteiger partial charge in [0.2, 0.25) is 0 Å². The van der Waals surface area contributed by atoms with Crippen LogP contribution < -0.4 is 10.2 Å². The van der Waals surface area contributed by atoms with Gasteiger partial charge < -0.3 is 10.2 Å². The summed E-state index contributed by atoms with van der Waals surface area (Å²) < 4.78 is 49.1. The molecule has 132 valence electrons. The molecule has 0 radical (unpaired) electrons. The van der Waals surface area contributed by atoms with E-state index < -0.39 is 34.8 Å². The largest absolute Gasteiger partial charge is 0.344 e. The lowest BCUT2D eigenvalue weighted by Crippen LogP contribution is -2.56. The van der Waals surface area contributed by atoms with Crippen LogP contribution in [0.2, 0.25) is 0 Å². The van der Waals surface area contributed by atoms with Gasteiger partial charge in [0.1, 0.15) is 5.82 Å². The second-order valence-corrected chi connectivity index (χ2v) is 7.63. The predicted octanol–water partition coefficient (Wildman–Crippen LogP) is 1.59. The van der Waals surface area contributed by atoms with Gasteiger partial charge in [-0.2, -0.15) is 0 Å². The van der Waals surface area contributed by atoms with Crippen molar-refractivity contribution in [3.63, 3.8) is 0 Å². The van der Waals surface area contributed by atoms with Crippen molar-refractivity contribution in [2.75, 3.05) is 29.6 Å². The zero-order valence-corrected chi connectivity index (χ0v) is 13.9. The number of sulfone groups is 1. The summed E-state index contributed by atoms with van der Waals surface area (Å²) in [6.07, 6.45) is 3.55. The van der Waals surface area contributed by atoms with Crippen molar-refractivity contribution in [1.82, 2.24) is 9.97 Å². The zero-order chi connectivity index (χ0) is 18.2. The maximum absolute atomic E-state index is 12.9. The van der Waals surface area contributed by atoms with Crippen LogP contribution >= 0.6 is 0 Å². The fraction of sp³-hybridized carbons (Fsp3) is 0.267. The highest BCUT2D eigenvalue weighted by molar-refractivity contribution is 7.90. The quantitative estimate of drug-likeness (QED) is 0.881. The molecule has 1 aliphatic rings. The third kappa shape index (κ3) is 3.73. The minimum Gasteiger partial charge on any atom is -0.344 e. The number of anilines is 2. The molecular formula is C15H14F2N4O3S. The number of amides is 1. The second-order valence-electron chi connectivity index (χ2n) is 5.70. The Morgan fingerprint density at radius 1 is 1.24 bits per heavy atom. The minimum absolute atomic E-state index is 0.0569. The Morgan fingerprint density at radius 3 is 2.52 bits per heavy atom. The molecule has 10 heteroatoms. The molecule has 0 atom stereocenters. The second kappa shape index (κ2) is 6.03. The number of aromatic nitrogens is 2. The molecule has 7 nitrogen and oxygen atoms in total. The SMILES string of the molecule is CS(=O)(=O)c1ncccc1NC(=O)c1ccc(N2CC(F)(F)C2)nc1. The predicted molar refractivity (Wildman–Crippen MR) is 86.7 cm³/mol. The van der Waals surface area contributed by atoms with Gasteiger partial charge in [0.25, 0.3) is 11.8 Å². The summed E-state index contributed by atoms with van der Waals surface area (Å²) in [4.78, 5) is 21.4. The normalized spacial score (nSPS) is 16.2. The Bertz CT molecular complexity index is 909. The maximum Gasteiger partial charge on any atom is 0.282 e. The molecule has 3 heterocycles. The van der Waals surface area contributed by atoms with E-state index in [9.17, 15) is 22.0 Å². The van der Waals surface area contributed by atoms with E-state index >= 15 is 0 Å². The van der Waals surface area contributed by atoms with Gasteiger partial charge >= 0.3 is 0 Å². The highest BCUT2D eigenvalue weighted by Gasteiger charge is 2.44. The van der Waals surface area contributed by atoms with Gasteiger partial charge in [-0.1, -0.05) is 0 Å². The fourth-order valence-electron chi connectivity index (χ4n) is 2.36. The van der Waals surface area contributed by atoms with Gasteiger partial charge in [0, 0.05) is 18.6 Å². The standard InChI is InChI=1S/C15H14F2N4O3S/c1-25(23,24)14-11(3-2-6-18-14)20-13(22)10-4-5-12(19-7-10)21-8-15(16,17)9-21/h2-7H,8-9H2,1H3,(H,20,22). The molecule has 2 aromatic heterocycles. The van der Waals surface area contributed by atoms with Crippen LogP contribution in [0.1, 0.15) is 10.4 Å². The van der Waals surface area contributed by atoms with E-state index in [4.69, 9.17) is 0 Å².